The second kappa shape index (κ2) is 6.57. The maximum absolute atomic E-state index is 12.7. The van der Waals surface area contributed by atoms with Gasteiger partial charge in [0.25, 0.3) is 0 Å². The predicted octanol–water partition coefficient (Wildman–Crippen LogP) is 4.26. The zero-order chi connectivity index (χ0) is 19.2. The summed E-state index contributed by atoms with van der Waals surface area (Å²) in [5.74, 6) is -3.38. The van der Waals surface area contributed by atoms with Gasteiger partial charge >= 0.3 is 17.9 Å². The topological polar surface area (TPSA) is 52.6 Å². The van der Waals surface area contributed by atoms with E-state index in [2.05, 4.69) is 4.74 Å². The molecule has 4 aliphatic carbocycles. The monoisotopic (exact) mass is 378 g/mol. The number of hydrogen-bond acceptors (Lipinski definition) is 4. The molecule has 146 valence electrons. The van der Waals surface area contributed by atoms with Crippen LogP contribution >= 0.6 is 0 Å². The largest absolute Gasteiger partial charge is 0.449 e. The molecule has 5 rings (SSSR count). The molecular formula is C21H24F2O4. The minimum atomic E-state index is -3.63. The Balaban J connectivity index is 1.37. The van der Waals surface area contributed by atoms with Gasteiger partial charge < -0.3 is 9.47 Å². The number of rotatable bonds is 5. The molecule has 4 nitrogen and oxygen atoms in total. The van der Waals surface area contributed by atoms with Crippen molar-refractivity contribution in [3.05, 3.63) is 29.8 Å². The molecule has 0 unspecified atom stereocenters. The Morgan fingerprint density at radius 1 is 1.04 bits per heavy atom. The Labute approximate surface area is 157 Å². The van der Waals surface area contributed by atoms with E-state index in [1.165, 1.54) is 44.1 Å². The Hall–Kier alpha value is -1.98. The summed E-state index contributed by atoms with van der Waals surface area (Å²) >= 11 is 0. The van der Waals surface area contributed by atoms with Crippen LogP contribution in [0.3, 0.4) is 0 Å². The fraction of sp³-hybridized carbons (Fsp3) is 0.619. The summed E-state index contributed by atoms with van der Waals surface area (Å²) in [7, 11) is 0. The molecule has 0 amide bonds. The van der Waals surface area contributed by atoms with E-state index in [1.54, 1.807) is 12.1 Å². The van der Waals surface area contributed by atoms with E-state index in [0.29, 0.717) is 12.7 Å². The fourth-order valence-corrected chi connectivity index (χ4v) is 5.75. The fourth-order valence-electron chi connectivity index (χ4n) is 5.75. The highest BCUT2D eigenvalue weighted by atomic mass is 19.3. The molecule has 0 radical (unpaired) electrons. The summed E-state index contributed by atoms with van der Waals surface area (Å²) in [6.45, 7) is -0.414. The molecule has 0 aromatic heterocycles. The van der Waals surface area contributed by atoms with Gasteiger partial charge in [-0.3, -0.25) is 0 Å². The summed E-state index contributed by atoms with van der Waals surface area (Å²) in [5.41, 5.74) is 1.57. The average molecular weight is 378 g/mol. The van der Waals surface area contributed by atoms with E-state index in [0.717, 1.165) is 17.8 Å². The summed E-state index contributed by atoms with van der Waals surface area (Å²) in [4.78, 5) is 22.7. The molecule has 1 aromatic carbocycles. The minimum absolute atomic E-state index is 0.263. The highest BCUT2D eigenvalue weighted by Gasteiger charge is 2.51. The number of ether oxygens (including phenoxy) is 2. The number of hydrogen-bond donors (Lipinski definition) is 0. The SMILES string of the molecule is CC(F)(F)C(=O)OCC(=O)Oc1ccc(C23CC4CC(CC(C4)C2)C3)cc1. The van der Waals surface area contributed by atoms with Gasteiger partial charge in [-0.15, -0.1) is 0 Å². The van der Waals surface area contributed by atoms with Crippen molar-refractivity contribution in [2.45, 2.75) is 56.8 Å². The van der Waals surface area contributed by atoms with Crippen molar-refractivity contribution in [1.29, 1.82) is 0 Å². The summed E-state index contributed by atoms with van der Waals surface area (Å²) in [5, 5.41) is 0. The molecule has 4 bridgehead atoms. The Kier molecular flexibility index (Phi) is 4.47. The highest BCUT2D eigenvalue weighted by Crippen LogP contribution is 2.60. The van der Waals surface area contributed by atoms with Gasteiger partial charge in [-0.25, -0.2) is 9.59 Å². The maximum Gasteiger partial charge on any atom is 0.377 e. The van der Waals surface area contributed by atoms with Crippen LogP contribution in [-0.4, -0.2) is 24.5 Å². The van der Waals surface area contributed by atoms with Crippen LogP contribution in [0.4, 0.5) is 8.78 Å². The number of carbonyl (C=O) groups excluding carboxylic acids is 2. The van der Waals surface area contributed by atoms with Crippen molar-refractivity contribution in [3.8, 4) is 5.75 Å². The lowest BCUT2D eigenvalue weighted by molar-refractivity contribution is -0.173. The quantitative estimate of drug-likeness (QED) is 0.568. The second-order valence-corrected chi connectivity index (χ2v) is 8.66. The van der Waals surface area contributed by atoms with Crippen molar-refractivity contribution < 1.29 is 27.8 Å². The van der Waals surface area contributed by atoms with Crippen LogP contribution in [0.2, 0.25) is 0 Å². The normalized spacial score (nSPS) is 31.6. The average Bonchev–Trinajstić information content (AvgIpc) is 2.58. The van der Waals surface area contributed by atoms with Crippen molar-refractivity contribution in [1.82, 2.24) is 0 Å². The molecule has 0 N–H and O–H groups in total. The lowest BCUT2D eigenvalue weighted by Gasteiger charge is -2.57. The summed E-state index contributed by atoms with van der Waals surface area (Å²) in [6, 6.07) is 7.51. The van der Waals surface area contributed by atoms with Crippen molar-refractivity contribution in [2.24, 2.45) is 17.8 Å². The third-order valence-corrected chi connectivity index (χ3v) is 6.42. The Morgan fingerprint density at radius 3 is 2.04 bits per heavy atom. The van der Waals surface area contributed by atoms with Crippen LogP contribution < -0.4 is 4.74 Å². The molecule has 4 saturated carbocycles. The van der Waals surface area contributed by atoms with Gasteiger partial charge in [0.2, 0.25) is 0 Å². The molecule has 6 heteroatoms. The van der Waals surface area contributed by atoms with Crippen LogP contribution in [0, 0.1) is 17.8 Å². The molecular weight excluding hydrogens is 354 g/mol. The number of carbonyl (C=O) groups is 2. The zero-order valence-electron chi connectivity index (χ0n) is 15.4. The second-order valence-electron chi connectivity index (χ2n) is 8.66. The molecule has 0 saturated heterocycles. The predicted molar refractivity (Wildman–Crippen MR) is 93.5 cm³/mol. The zero-order valence-corrected chi connectivity index (χ0v) is 15.4. The number of alkyl halides is 2. The van der Waals surface area contributed by atoms with Crippen LogP contribution in [-0.2, 0) is 19.7 Å². The van der Waals surface area contributed by atoms with Crippen molar-refractivity contribution in [3.63, 3.8) is 0 Å². The van der Waals surface area contributed by atoms with Crippen LogP contribution in [0.15, 0.2) is 24.3 Å². The smallest absolute Gasteiger partial charge is 0.377 e. The van der Waals surface area contributed by atoms with Gasteiger partial charge in [-0.2, -0.15) is 8.78 Å². The molecule has 27 heavy (non-hydrogen) atoms. The molecule has 1 aromatic rings. The van der Waals surface area contributed by atoms with Crippen LogP contribution in [0.25, 0.3) is 0 Å². The van der Waals surface area contributed by atoms with E-state index in [9.17, 15) is 18.4 Å². The maximum atomic E-state index is 12.7. The molecule has 0 heterocycles. The first-order chi connectivity index (χ1) is 12.7. The van der Waals surface area contributed by atoms with Gasteiger partial charge in [0.15, 0.2) is 6.61 Å². The standard InChI is InChI=1S/C21H24F2O4/c1-20(22,23)19(25)26-12-18(24)27-17-4-2-16(3-5-17)21-9-13-6-14(10-21)8-15(7-13)11-21/h2-5,13-15H,6-12H2,1H3. The van der Waals surface area contributed by atoms with E-state index in [4.69, 9.17) is 4.74 Å². The van der Waals surface area contributed by atoms with Crippen LogP contribution in [0.1, 0.15) is 51.0 Å². The number of esters is 2. The van der Waals surface area contributed by atoms with Gasteiger partial charge in [-0.05, 0) is 79.4 Å². The third-order valence-electron chi connectivity index (χ3n) is 6.42. The lowest BCUT2D eigenvalue weighted by Crippen LogP contribution is -2.48. The van der Waals surface area contributed by atoms with E-state index >= 15 is 0 Å². The van der Waals surface area contributed by atoms with Gasteiger partial charge in [0, 0.05) is 6.92 Å². The molecule has 0 atom stereocenters. The van der Waals surface area contributed by atoms with E-state index < -0.39 is 24.5 Å². The third kappa shape index (κ3) is 3.71. The molecule has 4 aliphatic rings. The first-order valence-corrected chi connectivity index (χ1v) is 9.60. The van der Waals surface area contributed by atoms with Crippen LogP contribution in [0.5, 0.6) is 5.75 Å². The Bertz CT molecular complexity index is 700. The lowest BCUT2D eigenvalue weighted by atomic mass is 9.48. The first-order valence-electron chi connectivity index (χ1n) is 9.60. The molecule has 0 spiro atoms. The van der Waals surface area contributed by atoms with E-state index in [-0.39, 0.29) is 5.41 Å². The van der Waals surface area contributed by atoms with Crippen molar-refractivity contribution in [2.75, 3.05) is 6.61 Å². The minimum Gasteiger partial charge on any atom is -0.449 e. The first kappa shape index (κ1) is 18.4. The number of benzene rings is 1. The van der Waals surface area contributed by atoms with Gasteiger partial charge in [0.1, 0.15) is 5.75 Å². The van der Waals surface area contributed by atoms with Gasteiger partial charge in [0.05, 0.1) is 0 Å². The summed E-state index contributed by atoms with van der Waals surface area (Å²) < 4.78 is 34.8. The van der Waals surface area contributed by atoms with Gasteiger partial charge in [-0.1, -0.05) is 12.1 Å². The highest BCUT2D eigenvalue weighted by molar-refractivity contribution is 5.81. The molecule has 4 fully saturated rings. The Morgan fingerprint density at radius 2 is 1.56 bits per heavy atom. The van der Waals surface area contributed by atoms with Crippen molar-refractivity contribution >= 4 is 11.9 Å². The molecule has 0 aliphatic heterocycles. The summed E-state index contributed by atoms with van der Waals surface area (Å²) in [6.07, 6.45) is 7.89. The number of halogens is 2. The van der Waals surface area contributed by atoms with E-state index in [1.807, 2.05) is 12.1 Å².